The summed E-state index contributed by atoms with van der Waals surface area (Å²) in [5.41, 5.74) is 0.611. The number of benzene rings is 1. The summed E-state index contributed by atoms with van der Waals surface area (Å²) in [5.74, 6) is -0.470. The molecule has 0 unspecified atom stereocenters. The van der Waals surface area contributed by atoms with Gasteiger partial charge in [0.15, 0.2) is 0 Å². The average molecular weight is 407 g/mol. The van der Waals surface area contributed by atoms with Crippen LogP contribution in [0.1, 0.15) is 28.2 Å². The van der Waals surface area contributed by atoms with E-state index in [-0.39, 0.29) is 35.8 Å². The van der Waals surface area contributed by atoms with Crippen molar-refractivity contribution in [3.63, 3.8) is 0 Å². The lowest BCUT2D eigenvalue weighted by atomic mass is 10.1. The van der Waals surface area contributed by atoms with Crippen LogP contribution in [0.5, 0.6) is 0 Å². The Kier molecular flexibility index (Phi) is 5.47. The van der Waals surface area contributed by atoms with E-state index in [9.17, 15) is 23.3 Å². The second-order valence-corrected chi connectivity index (χ2v) is 8.46. The molecule has 0 saturated carbocycles. The number of aromatic amines is 1. The number of H-pyrrole nitrogens is 1. The highest BCUT2D eigenvalue weighted by molar-refractivity contribution is 7.89. The highest BCUT2D eigenvalue weighted by Gasteiger charge is 2.33. The van der Waals surface area contributed by atoms with Gasteiger partial charge >= 0.3 is 0 Å². The Hall–Kier alpha value is -2.79. The molecule has 1 fully saturated rings. The molecule has 1 N–H and O–H groups in total. The summed E-state index contributed by atoms with van der Waals surface area (Å²) in [4.78, 5) is 25.0. The molecule has 0 radical (unpaired) electrons. The summed E-state index contributed by atoms with van der Waals surface area (Å²) < 4.78 is 27.3. The van der Waals surface area contributed by atoms with Crippen LogP contribution in [-0.4, -0.2) is 64.8 Å². The number of amides is 1. The number of nitrogens with zero attached hydrogens (tertiary/aromatic N) is 4. The van der Waals surface area contributed by atoms with Gasteiger partial charge in [0, 0.05) is 32.2 Å². The number of para-hydroxylation sites is 1. The Morgan fingerprint density at radius 2 is 1.89 bits per heavy atom. The minimum atomic E-state index is -3.75. The van der Waals surface area contributed by atoms with Crippen molar-refractivity contribution in [1.82, 2.24) is 19.4 Å². The monoisotopic (exact) mass is 407 g/mol. The third kappa shape index (κ3) is 3.62. The topological polar surface area (TPSA) is 130 Å². The van der Waals surface area contributed by atoms with E-state index in [0.717, 1.165) is 0 Å². The molecule has 0 spiro atoms. The minimum Gasteiger partial charge on any atom is -0.337 e. The van der Waals surface area contributed by atoms with Crippen molar-refractivity contribution in [2.45, 2.75) is 25.2 Å². The second-order valence-electron chi connectivity index (χ2n) is 6.59. The van der Waals surface area contributed by atoms with Crippen molar-refractivity contribution in [2.75, 3.05) is 26.2 Å². The SMILES string of the molecule is Cc1n[nH]c(C)c1S(=O)(=O)N1CCCN(C(=O)c2ccccc2[N+](=O)[O-])CC1. The fourth-order valence-electron chi connectivity index (χ4n) is 3.37. The molecule has 0 bridgehead atoms. The van der Waals surface area contributed by atoms with Gasteiger partial charge in [-0.2, -0.15) is 9.40 Å². The number of rotatable bonds is 4. The van der Waals surface area contributed by atoms with Gasteiger partial charge < -0.3 is 4.90 Å². The zero-order valence-electron chi connectivity index (χ0n) is 15.6. The molecule has 11 heteroatoms. The molecule has 1 aliphatic heterocycles. The van der Waals surface area contributed by atoms with E-state index < -0.39 is 20.9 Å². The molecular formula is C17H21N5O5S. The van der Waals surface area contributed by atoms with Gasteiger partial charge in [0.2, 0.25) is 10.0 Å². The maximum atomic E-state index is 13.0. The minimum absolute atomic E-state index is 0.00494. The van der Waals surface area contributed by atoms with Crippen LogP contribution in [0.3, 0.4) is 0 Å². The van der Waals surface area contributed by atoms with Crippen molar-refractivity contribution in [2.24, 2.45) is 0 Å². The van der Waals surface area contributed by atoms with E-state index in [4.69, 9.17) is 0 Å². The normalized spacial score (nSPS) is 16.0. The molecule has 0 atom stereocenters. The number of aromatic nitrogens is 2. The molecule has 1 saturated heterocycles. The van der Waals surface area contributed by atoms with Gasteiger partial charge in [-0.15, -0.1) is 0 Å². The van der Waals surface area contributed by atoms with Crippen LogP contribution < -0.4 is 0 Å². The van der Waals surface area contributed by atoms with E-state index in [0.29, 0.717) is 24.4 Å². The number of sulfonamides is 1. The van der Waals surface area contributed by atoms with Crippen LogP contribution in [0.15, 0.2) is 29.2 Å². The quantitative estimate of drug-likeness (QED) is 0.603. The lowest BCUT2D eigenvalue weighted by molar-refractivity contribution is -0.385. The second kappa shape index (κ2) is 7.68. The number of aryl methyl sites for hydroxylation is 2. The van der Waals surface area contributed by atoms with Gasteiger partial charge in [0.1, 0.15) is 10.5 Å². The number of hydrogen-bond acceptors (Lipinski definition) is 6. The molecule has 28 heavy (non-hydrogen) atoms. The lowest BCUT2D eigenvalue weighted by Gasteiger charge is -2.22. The van der Waals surface area contributed by atoms with Crippen LogP contribution in [0.2, 0.25) is 0 Å². The first-order valence-electron chi connectivity index (χ1n) is 8.78. The van der Waals surface area contributed by atoms with E-state index in [2.05, 4.69) is 10.2 Å². The molecule has 10 nitrogen and oxygen atoms in total. The van der Waals surface area contributed by atoms with Crippen LogP contribution in [-0.2, 0) is 10.0 Å². The number of carbonyl (C=O) groups is 1. The average Bonchev–Trinajstić information content (AvgIpc) is 2.86. The highest BCUT2D eigenvalue weighted by Crippen LogP contribution is 2.24. The molecule has 3 rings (SSSR count). The zero-order valence-corrected chi connectivity index (χ0v) is 16.4. The van der Waals surface area contributed by atoms with Crippen LogP contribution >= 0.6 is 0 Å². The summed E-state index contributed by atoms with van der Waals surface area (Å²) in [6.07, 6.45) is 0.432. The summed E-state index contributed by atoms with van der Waals surface area (Å²) in [5, 5.41) is 17.8. The first kappa shape index (κ1) is 20.0. The summed E-state index contributed by atoms with van der Waals surface area (Å²) in [6, 6.07) is 5.77. The molecule has 1 aromatic heterocycles. The summed E-state index contributed by atoms with van der Waals surface area (Å²) >= 11 is 0. The summed E-state index contributed by atoms with van der Waals surface area (Å²) in [6.45, 7) is 4.11. The maximum absolute atomic E-state index is 13.0. The van der Waals surface area contributed by atoms with E-state index in [1.54, 1.807) is 19.9 Å². The van der Waals surface area contributed by atoms with E-state index >= 15 is 0 Å². The lowest BCUT2D eigenvalue weighted by Crippen LogP contribution is -2.37. The van der Waals surface area contributed by atoms with Gasteiger partial charge in [0.25, 0.3) is 11.6 Å². The summed E-state index contributed by atoms with van der Waals surface area (Å²) in [7, 11) is -3.75. The Morgan fingerprint density at radius 3 is 2.54 bits per heavy atom. The molecule has 1 aliphatic rings. The van der Waals surface area contributed by atoms with Gasteiger partial charge in [-0.1, -0.05) is 12.1 Å². The van der Waals surface area contributed by atoms with Gasteiger partial charge in [0.05, 0.1) is 16.3 Å². The van der Waals surface area contributed by atoms with Crippen molar-refractivity contribution >= 4 is 21.6 Å². The first-order valence-corrected chi connectivity index (χ1v) is 10.2. The largest absolute Gasteiger partial charge is 0.337 e. The molecule has 2 aromatic rings. The molecule has 0 aliphatic carbocycles. The number of nitro benzene ring substituents is 1. The molecule has 150 valence electrons. The van der Waals surface area contributed by atoms with Crippen molar-refractivity contribution in [1.29, 1.82) is 0 Å². The number of nitrogens with one attached hydrogen (secondary N) is 1. The van der Waals surface area contributed by atoms with Crippen LogP contribution in [0, 0.1) is 24.0 Å². The predicted molar refractivity (Wildman–Crippen MR) is 100 cm³/mol. The predicted octanol–water partition coefficient (Wildman–Crippen LogP) is 1.47. The highest BCUT2D eigenvalue weighted by atomic mass is 32.2. The maximum Gasteiger partial charge on any atom is 0.282 e. The number of nitro groups is 1. The van der Waals surface area contributed by atoms with Gasteiger partial charge in [-0.05, 0) is 26.3 Å². The van der Waals surface area contributed by atoms with Gasteiger partial charge in [-0.25, -0.2) is 8.42 Å². The molecule has 1 aromatic carbocycles. The Morgan fingerprint density at radius 1 is 1.18 bits per heavy atom. The number of hydrogen-bond donors (Lipinski definition) is 1. The third-order valence-electron chi connectivity index (χ3n) is 4.73. The van der Waals surface area contributed by atoms with Gasteiger partial charge in [-0.3, -0.25) is 20.0 Å². The molecular weight excluding hydrogens is 386 g/mol. The zero-order chi connectivity index (χ0) is 20.5. The van der Waals surface area contributed by atoms with Crippen molar-refractivity contribution in [3.05, 3.63) is 51.3 Å². The fraction of sp³-hybridized carbons (Fsp3) is 0.412. The smallest absolute Gasteiger partial charge is 0.282 e. The molecule has 2 heterocycles. The molecule has 1 amide bonds. The Balaban J connectivity index is 1.81. The van der Waals surface area contributed by atoms with Crippen LogP contribution in [0.25, 0.3) is 0 Å². The standard InChI is InChI=1S/C17H21N5O5S/c1-12-16(13(2)19-18-12)28(26,27)21-9-5-8-20(10-11-21)17(23)14-6-3-4-7-15(14)22(24)25/h3-4,6-7H,5,8-11H2,1-2H3,(H,18,19). The Labute approximate surface area is 162 Å². The number of carbonyl (C=O) groups excluding carboxylic acids is 1. The Bertz CT molecular complexity index is 997. The fourth-order valence-corrected chi connectivity index (χ4v) is 5.17. The van der Waals surface area contributed by atoms with Crippen molar-refractivity contribution in [3.8, 4) is 0 Å². The van der Waals surface area contributed by atoms with Crippen molar-refractivity contribution < 1.29 is 18.1 Å². The third-order valence-corrected chi connectivity index (χ3v) is 6.89. The van der Waals surface area contributed by atoms with E-state index in [1.165, 1.54) is 27.4 Å². The first-order chi connectivity index (χ1) is 13.2. The van der Waals surface area contributed by atoms with Crippen LogP contribution in [0.4, 0.5) is 5.69 Å². The van der Waals surface area contributed by atoms with E-state index in [1.807, 2.05) is 0 Å².